The molecule has 2 N–H and O–H groups in total. The number of likely N-dealkylation sites (tertiary alicyclic amines) is 1. The van der Waals surface area contributed by atoms with Gasteiger partial charge >= 0.3 is 11.9 Å². The van der Waals surface area contributed by atoms with E-state index in [1.54, 1.807) is 17.8 Å². The number of benzene rings is 2. The van der Waals surface area contributed by atoms with E-state index in [1.807, 2.05) is 0 Å². The van der Waals surface area contributed by atoms with E-state index in [4.69, 9.17) is 14.9 Å². The summed E-state index contributed by atoms with van der Waals surface area (Å²) in [5, 5.41) is 15.8. The molecule has 2 aromatic carbocycles. The Hall–Kier alpha value is -3.96. The summed E-state index contributed by atoms with van der Waals surface area (Å²) < 4.78 is 32.8. The van der Waals surface area contributed by atoms with E-state index < -0.39 is 21.8 Å². The fourth-order valence-corrected chi connectivity index (χ4v) is 7.68. The van der Waals surface area contributed by atoms with E-state index in [-0.39, 0.29) is 10.8 Å². The number of aliphatic carboxylic acids is 2. The Kier molecular flexibility index (Phi) is 9.85. The summed E-state index contributed by atoms with van der Waals surface area (Å²) in [6, 6.07) is 17.9. The molecule has 1 aliphatic heterocycles. The largest absolute Gasteiger partial charge is 0.494 e. The standard InChI is InChI=1S/C29H35N3O3S.C4H4O4/c1-31-19-29(30-20-31)36(33,34)13-5-12-35-25-10-8-22-9-11-28(32-17-23-15-24(23)18-32)27(26(22)16-25)14-21-6-3-2-4-7-21;5-3(6)1-2-4(7)8/h2-4,6-8,10,16,19-20,23-24,27-28H,5,9,11-15,17-18H2,1H3;1-2H,(H,5,6)(H,7,8)/b;2-1+. The number of carboxylic acid groups (broad SMARTS) is 2. The summed E-state index contributed by atoms with van der Waals surface area (Å²) in [5.74, 6) is 0.667. The molecule has 1 saturated heterocycles. The SMILES string of the molecule is Cn1cnc(S(=O)(=O)CCCOc2ccc3c(c2)C(Cc2ccccc2)C(N2CC4CC4C2)CC3)c1.O=C(O)/C=C/C(=O)O. The fraction of sp³-hybridized carbons (Fsp3) is 0.424. The second-order valence-electron chi connectivity index (χ2n) is 11.9. The number of rotatable bonds is 11. The highest BCUT2D eigenvalue weighted by molar-refractivity contribution is 7.91. The number of fused-ring (bicyclic) bond motifs is 2. The second-order valence-corrected chi connectivity index (χ2v) is 13.9. The van der Waals surface area contributed by atoms with Gasteiger partial charge in [-0.15, -0.1) is 0 Å². The van der Waals surface area contributed by atoms with Crippen molar-refractivity contribution in [3.63, 3.8) is 0 Å². The molecule has 4 atom stereocenters. The first-order valence-electron chi connectivity index (χ1n) is 15.0. The van der Waals surface area contributed by atoms with Crippen LogP contribution in [-0.2, 0) is 39.3 Å². The van der Waals surface area contributed by atoms with Crippen molar-refractivity contribution in [2.24, 2.45) is 18.9 Å². The smallest absolute Gasteiger partial charge is 0.328 e. The molecule has 10 nitrogen and oxygen atoms in total. The number of sulfone groups is 1. The number of hydrogen-bond donors (Lipinski definition) is 2. The molecule has 6 rings (SSSR count). The van der Waals surface area contributed by atoms with Crippen LogP contribution in [0.3, 0.4) is 0 Å². The normalized spacial score (nSPS) is 22.5. The van der Waals surface area contributed by atoms with Gasteiger partial charge in [0.05, 0.1) is 18.7 Å². The zero-order chi connectivity index (χ0) is 31.3. The average molecular weight is 622 g/mol. The number of aromatic nitrogens is 2. The Balaban J connectivity index is 0.000000426. The minimum absolute atomic E-state index is 0.0327. The number of carbonyl (C=O) groups is 2. The van der Waals surface area contributed by atoms with Gasteiger partial charge in [0.1, 0.15) is 5.75 Å². The molecule has 2 aliphatic carbocycles. The number of aryl methyl sites for hydroxylation is 2. The molecule has 3 aliphatic rings. The zero-order valence-corrected chi connectivity index (χ0v) is 25.6. The van der Waals surface area contributed by atoms with Crippen LogP contribution in [0.4, 0.5) is 0 Å². The summed E-state index contributed by atoms with van der Waals surface area (Å²) in [7, 11) is -1.62. The van der Waals surface area contributed by atoms with E-state index in [1.165, 1.54) is 48.9 Å². The van der Waals surface area contributed by atoms with Gasteiger partial charge in [0.25, 0.3) is 0 Å². The van der Waals surface area contributed by atoms with Crippen LogP contribution in [0.1, 0.15) is 41.9 Å². The van der Waals surface area contributed by atoms with Crippen molar-refractivity contribution in [2.75, 3.05) is 25.4 Å². The average Bonchev–Trinajstić information content (AvgIpc) is 3.35. The number of hydrogen-bond acceptors (Lipinski definition) is 7. The van der Waals surface area contributed by atoms with E-state index in [9.17, 15) is 18.0 Å². The van der Waals surface area contributed by atoms with Crippen molar-refractivity contribution in [3.05, 3.63) is 89.9 Å². The highest BCUT2D eigenvalue weighted by Gasteiger charge is 2.48. The third-order valence-electron chi connectivity index (χ3n) is 8.66. The van der Waals surface area contributed by atoms with Gasteiger partial charge in [-0.05, 0) is 72.8 Å². The summed E-state index contributed by atoms with van der Waals surface area (Å²) >= 11 is 0. The van der Waals surface area contributed by atoms with Crippen LogP contribution in [0, 0.1) is 11.8 Å². The van der Waals surface area contributed by atoms with Gasteiger partial charge in [-0.1, -0.05) is 36.4 Å². The molecule has 0 bridgehead atoms. The summed E-state index contributed by atoms with van der Waals surface area (Å²) in [6.45, 7) is 2.89. The summed E-state index contributed by atoms with van der Waals surface area (Å²) in [5.41, 5.74) is 4.23. The molecule has 11 heteroatoms. The molecule has 2 heterocycles. The molecule has 234 valence electrons. The van der Waals surface area contributed by atoms with Gasteiger partial charge in [-0.3, -0.25) is 4.90 Å². The topological polar surface area (TPSA) is 139 Å². The highest BCUT2D eigenvalue weighted by Crippen LogP contribution is 2.49. The molecule has 0 amide bonds. The minimum Gasteiger partial charge on any atom is -0.494 e. The lowest BCUT2D eigenvalue weighted by atomic mass is 9.75. The summed E-state index contributed by atoms with van der Waals surface area (Å²) in [6.07, 6.45) is 9.41. The monoisotopic (exact) mass is 621 g/mol. The molecular formula is C33H39N3O7S. The van der Waals surface area contributed by atoms with Crippen LogP contribution in [0.2, 0.25) is 0 Å². The summed E-state index contributed by atoms with van der Waals surface area (Å²) in [4.78, 5) is 25.9. The van der Waals surface area contributed by atoms with Crippen molar-refractivity contribution in [1.29, 1.82) is 0 Å². The maximum Gasteiger partial charge on any atom is 0.328 e. The van der Waals surface area contributed by atoms with Gasteiger partial charge in [0, 0.05) is 50.4 Å². The van der Waals surface area contributed by atoms with Gasteiger partial charge in [0.2, 0.25) is 0 Å². The Morgan fingerprint density at radius 2 is 1.75 bits per heavy atom. The Morgan fingerprint density at radius 1 is 1.05 bits per heavy atom. The lowest BCUT2D eigenvalue weighted by Crippen LogP contribution is -2.42. The lowest BCUT2D eigenvalue weighted by molar-refractivity contribution is -0.134. The van der Waals surface area contributed by atoms with E-state index in [0.717, 1.165) is 30.4 Å². The maximum atomic E-state index is 12.5. The van der Waals surface area contributed by atoms with Crippen molar-refractivity contribution in [1.82, 2.24) is 14.5 Å². The molecular weight excluding hydrogens is 582 g/mol. The Labute approximate surface area is 257 Å². The molecule has 1 saturated carbocycles. The highest BCUT2D eigenvalue weighted by atomic mass is 32.2. The first-order chi connectivity index (χ1) is 21.1. The third-order valence-corrected chi connectivity index (χ3v) is 10.3. The van der Waals surface area contributed by atoms with Crippen molar-refractivity contribution in [2.45, 2.75) is 49.1 Å². The van der Waals surface area contributed by atoms with Crippen LogP contribution >= 0.6 is 0 Å². The number of ether oxygens (including phenoxy) is 1. The molecule has 3 aromatic rings. The second kappa shape index (κ2) is 13.8. The van der Waals surface area contributed by atoms with Gasteiger partial charge in [0.15, 0.2) is 14.9 Å². The molecule has 2 fully saturated rings. The van der Waals surface area contributed by atoms with Crippen molar-refractivity contribution in [3.8, 4) is 5.75 Å². The third kappa shape index (κ3) is 8.15. The number of carboxylic acids is 2. The first-order valence-corrected chi connectivity index (χ1v) is 16.6. The van der Waals surface area contributed by atoms with Crippen LogP contribution in [0.25, 0.3) is 0 Å². The predicted octanol–water partition coefficient (Wildman–Crippen LogP) is 3.97. The number of nitrogens with zero attached hydrogens (tertiary/aromatic N) is 3. The van der Waals surface area contributed by atoms with Crippen LogP contribution in [-0.4, -0.2) is 76.5 Å². The van der Waals surface area contributed by atoms with E-state index >= 15 is 0 Å². The predicted molar refractivity (Wildman–Crippen MR) is 164 cm³/mol. The molecule has 0 radical (unpaired) electrons. The van der Waals surface area contributed by atoms with Crippen LogP contribution < -0.4 is 4.74 Å². The number of imidazole rings is 1. The van der Waals surface area contributed by atoms with Gasteiger partial charge in [-0.25, -0.2) is 23.0 Å². The van der Waals surface area contributed by atoms with Crippen LogP contribution in [0.5, 0.6) is 5.75 Å². The fourth-order valence-electron chi connectivity index (χ4n) is 6.44. The van der Waals surface area contributed by atoms with Crippen molar-refractivity contribution >= 4 is 21.8 Å². The number of piperidine rings is 1. The van der Waals surface area contributed by atoms with Crippen molar-refractivity contribution < 1.29 is 33.0 Å². The Morgan fingerprint density at radius 3 is 2.39 bits per heavy atom. The van der Waals surface area contributed by atoms with E-state index in [0.29, 0.717) is 37.1 Å². The Bertz CT molecular complexity index is 1580. The van der Waals surface area contributed by atoms with E-state index in [2.05, 4.69) is 58.4 Å². The van der Waals surface area contributed by atoms with Gasteiger partial charge in [-0.2, -0.15) is 0 Å². The molecule has 4 unspecified atom stereocenters. The maximum absolute atomic E-state index is 12.5. The molecule has 0 spiro atoms. The van der Waals surface area contributed by atoms with Gasteiger partial charge < -0.3 is 19.5 Å². The quantitative estimate of drug-likeness (QED) is 0.241. The lowest BCUT2D eigenvalue weighted by Gasteiger charge is -2.40. The van der Waals surface area contributed by atoms with Crippen LogP contribution in [0.15, 0.2) is 78.2 Å². The molecule has 1 aromatic heterocycles. The molecule has 44 heavy (non-hydrogen) atoms. The minimum atomic E-state index is -3.39. The zero-order valence-electron chi connectivity index (χ0n) is 24.8. The first kappa shape index (κ1) is 31.5.